The highest BCUT2D eigenvalue weighted by atomic mass is 35.5. The number of carbonyl (C=O) groups excluding carboxylic acids is 1. The summed E-state index contributed by atoms with van der Waals surface area (Å²) < 4.78 is 30.0. The van der Waals surface area contributed by atoms with Crippen molar-refractivity contribution >= 4 is 23.2 Å². The molecule has 1 amide bonds. The number of allylic oxidation sites excluding steroid dienone is 2. The summed E-state index contributed by atoms with van der Waals surface area (Å²) in [4.78, 5) is 30.1. The van der Waals surface area contributed by atoms with Gasteiger partial charge in [-0.1, -0.05) is 11.6 Å². The highest BCUT2D eigenvalue weighted by molar-refractivity contribution is 6.44. The van der Waals surface area contributed by atoms with Crippen molar-refractivity contribution in [2.75, 3.05) is 0 Å². The number of carbonyl (C=O) groups is 1. The molecule has 3 aromatic heterocycles. The van der Waals surface area contributed by atoms with Gasteiger partial charge in [0.25, 0.3) is 6.43 Å². The van der Waals surface area contributed by atoms with Crippen molar-refractivity contribution in [1.29, 1.82) is 0 Å². The van der Waals surface area contributed by atoms with Gasteiger partial charge in [0.1, 0.15) is 17.9 Å². The average Bonchev–Trinajstić information content (AvgIpc) is 2.88. The lowest BCUT2D eigenvalue weighted by Gasteiger charge is -2.41. The summed E-state index contributed by atoms with van der Waals surface area (Å²) in [7, 11) is 0. The molecule has 3 aromatic rings. The zero-order valence-electron chi connectivity index (χ0n) is 20.9. The third-order valence-electron chi connectivity index (χ3n) is 5.87. The van der Waals surface area contributed by atoms with Gasteiger partial charge in [0.05, 0.1) is 17.1 Å². The molecule has 4 rings (SSSR count). The molecule has 38 heavy (non-hydrogen) atoms. The van der Waals surface area contributed by atoms with E-state index in [1.165, 1.54) is 63.6 Å². The van der Waals surface area contributed by atoms with E-state index in [-0.39, 0.29) is 40.8 Å². The summed E-state index contributed by atoms with van der Waals surface area (Å²) in [5.74, 6) is -0.895. The van der Waals surface area contributed by atoms with Crippen LogP contribution in [0.4, 0.5) is 14.5 Å². The van der Waals surface area contributed by atoms with Gasteiger partial charge in [-0.25, -0.2) is 28.2 Å². The Bertz CT molecular complexity index is 1470. The lowest BCUT2D eigenvalue weighted by Crippen LogP contribution is -2.49. The third-order valence-corrected chi connectivity index (χ3v) is 6.22. The maximum atomic E-state index is 14.1. The maximum Gasteiger partial charge on any atom is 0.370 e. The summed E-state index contributed by atoms with van der Waals surface area (Å²) in [6.07, 6.45) is 2.80. The van der Waals surface area contributed by atoms with E-state index in [0.29, 0.717) is 17.0 Å². The second-order valence-electron chi connectivity index (χ2n) is 9.23. The fourth-order valence-corrected chi connectivity index (χ4v) is 4.03. The largest absolute Gasteiger partial charge is 0.614 e. The molecule has 0 aromatic carbocycles. The molecule has 1 N–H and O–H groups in total. The van der Waals surface area contributed by atoms with E-state index >= 15 is 0 Å². The van der Waals surface area contributed by atoms with Crippen LogP contribution in [-0.4, -0.2) is 30.9 Å². The summed E-state index contributed by atoms with van der Waals surface area (Å²) in [6.45, 7) is 5.94. The number of pyridine rings is 2. The highest BCUT2D eigenvalue weighted by Crippen LogP contribution is 2.40. The van der Waals surface area contributed by atoms with E-state index in [1.807, 2.05) is 0 Å². The Morgan fingerprint density at radius 3 is 2.53 bits per heavy atom. The lowest BCUT2D eigenvalue weighted by molar-refractivity contribution is -0.122. The molecule has 1 atom stereocenters. The molecule has 1 unspecified atom stereocenters. The number of hydroxylamine groups is 2. The molecule has 0 fully saturated rings. The first-order chi connectivity index (χ1) is 17.8. The molecular formula is C26H24ClF2N5O4. The minimum absolute atomic E-state index is 0.0591. The number of aryl methyl sites for hydroxylation is 1. The molecule has 1 aliphatic rings. The molecule has 0 spiro atoms. The van der Waals surface area contributed by atoms with Crippen molar-refractivity contribution in [3.05, 3.63) is 93.3 Å². The van der Waals surface area contributed by atoms with E-state index < -0.39 is 27.6 Å². The molecule has 0 saturated carbocycles. The molecule has 4 heterocycles. The zero-order valence-corrected chi connectivity index (χ0v) is 21.7. The van der Waals surface area contributed by atoms with Crippen molar-refractivity contribution < 1.29 is 23.4 Å². The quantitative estimate of drug-likeness (QED) is 0.314. The van der Waals surface area contributed by atoms with Crippen LogP contribution in [0, 0.1) is 12.1 Å². The van der Waals surface area contributed by atoms with Crippen molar-refractivity contribution in [2.24, 2.45) is 0 Å². The molecule has 0 bridgehead atoms. The Balaban J connectivity index is 1.67. The van der Waals surface area contributed by atoms with Crippen LogP contribution in [0.3, 0.4) is 0 Å². The highest BCUT2D eigenvalue weighted by Gasteiger charge is 2.42. The third kappa shape index (κ3) is 5.18. The second kappa shape index (κ2) is 10.3. The number of hydrogen-bond donors (Lipinski definition) is 1. The lowest BCUT2D eigenvalue weighted by atomic mass is 10.1. The number of hydrogen-bond acceptors (Lipinski definition) is 8. The predicted octanol–water partition coefficient (Wildman–Crippen LogP) is 5.32. The SMILES string of the molecule is CC1=CC(OCc2cc(C(F)F)ccn2)=C(Cl)C(=O)[N+]1([O-])c1cc(-c2ccnc(C(C)(C)O)n2)ncc1C. The molecule has 1 aliphatic heterocycles. The number of amides is 1. The van der Waals surface area contributed by atoms with Crippen LogP contribution in [-0.2, 0) is 21.7 Å². The number of rotatable bonds is 7. The molecule has 198 valence electrons. The van der Waals surface area contributed by atoms with Gasteiger partial charge in [-0.15, -0.1) is 0 Å². The van der Waals surface area contributed by atoms with Gasteiger partial charge in [0.2, 0.25) is 0 Å². The smallest absolute Gasteiger partial charge is 0.370 e. The number of quaternary nitrogens is 1. The maximum absolute atomic E-state index is 14.1. The minimum Gasteiger partial charge on any atom is -0.614 e. The number of aliphatic hydroxyl groups is 1. The molecule has 12 heteroatoms. The number of halogens is 3. The van der Waals surface area contributed by atoms with Crippen LogP contribution >= 0.6 is 11.6 Å². The van der Waals surface area contributed by atoms with Gasteiger partial charge in [0, 0.05) is 48.8 Å². The summed E-state index contributed by atoms with van der Waals surface area (Å²) in [6, 6.07) is 5.40. The fraction of sp³-hybridized carbons (Fsp3) is 0.269. The number of aromatic nitrogens is 4. The second-order valence-corrected chi connectivity index (χ2v) is 9.61. The van der Waals surface area contributed by atoms with Crippen LogP contribution in [0.25, 0.3) is 11.4 Å². The predicted molar refractivity (Wildman–Crippen MR) is 136 cm³/mol. The first kappa shape index (κ1) is 27.4. The van der Waals surface area contributed by atoms with Crippen molar-refractivity contribution in [3.63, 3.8) is 0 Å². The fourth-order valence-electron chi connectivity index (χ4n) is 3.80. The minimum atomic E-state index is -2.67. The monoisotopic (exact) mass is 543 g/mol. The van der Waals surface area contributed by atoms with Gasteiger partial charge in [-0.3, -0.25) is 9.97 Å². The van der Waals surface area contributed by atoms with Crippen molar-refractivity contribution in [2.45, 2.75) is 46.3 Å². The standard InChI is InChI=1S/C26H24ClF2N5O4/c1-14-12-32-19(18-6-8-31-25(33-18)26(3,4)36)11-20(14)34(37)15(2)9-21(22(27)24(34)35)38-13-17-10-16(23(28)29)5-7-30-17/h5-12,23,36H,13H2,1-4H3. The van der Waals surface area contributed by atoms with E-state index in [2.05, 4.69) is 19.9 Å². The van der Waals surface area contributed by atoms with Crippen LogP contribution in [0.2, 0.25) is 0 Å². The van der Waals surface area contributed by atoms with Gasteiger partial charge in [-0.05, 0) is 39.0 Å². The van der Waals surface area contributed by atoms with E-state index in [0.717, 1.165) is 0 Å². The summed E-state index contributed by atoms with van der Waals surface area (Å²) in [5, 5.41) is 23.9. The van der Waals surface area contributed by atoms with E-state index in [1.54, 1.807) is 13.0 Å². The van der Waals surface area contributed by atoms with Gasteiger partial charge >= 0.3 is 5.91 Å². The molecule has 9 nitrogen and oxygen atoms in total. The topological polar surface area (TPSA) is 121 Å². The Kier molecular flexibility index (Phi) is 7.39. The molecule has 0 aliphatic carbocycles. The first-order valence-corrected chi connectivity index (χ1v) is 11.8. The Morgan fingerprint density at radius 2 is 1.84 bits per heavy atom. The molecular weight excluding hydrogens is 520 g/mol. The number of ether oxygens (including phenoxy) is 1. The number of nitrogens with zero attached hydrogens (tertiary/aromatic N) is 5. The summed E-state index contributed by atoms with van der Waals surface area (Å²) in [5.41, 5.74) is -0.115. The van der Waals surface area contributed by atoms with Gasteiger partial charge in [0.15, 0.2) is 22.3 Å². The zero-order chi connectivity index (χ0) is 27.8. The van der Waals surface area contributed by atoms with Crippen LogP contribution < -0.4 is 4.65 Å². The van der Waals surface area contributed by atoms with Gasteiger partial charge in [-0.2, -0.15) is 0 Å². The van der Waals surface area contributed by atoms with Crippen molar-refractivity contribution in [1.82, 2.24) is 24.6 Å². The van der Waals surface area contributed by atoms with Crippen LogP contribution in [0.15, 0.2) is 65.4 Å². The number of alkyl halides is 2. The van der Waals surface area contributed by atoms with Gasteiger partial charge < -0.3 is 15.1 Å². The Labute approximate surface area is 222 Å². The molecule has 0 radical (unpaired) electrons. The average molecular weight is 544 g/mol. The summed E-state index contributed by atoms with van der Waals surface area (Å²) >= 11 is 6.30. The van der Waals surface area contributed by atoms with Crippen LogP contribution in [0.5, 0.6) is 0 Å². The van der Waals surface area contributed by atoms with Crippen LogP contribution in [0.1, 0.15) is 49.8 Å². The van der Waals surface area contributed by atoms with Crippen molar-refractivity contribution in [3.8, 4) is 11.4 Å². The first-order valence-electron chi connectivity index (χ1n) is 11.4. The molecule has 0 saturated heterocycles. The normalized spacial score (nSPS) is 18.2. The van der Waals surface area contributed by atoms with E-state index in [9.17, 15) is 23.9 Å². The van der Waals surface area contributed by atoms with E-state index in [4.69, 9.17) is 16.3 Å². The Morgan fingerprint density at radius 1 is 1.13 bits per heavy atom. The Hall–Kier alpha value is -3.64.